The van der Waals surface area contributed by atoms with Crippen LogP contribution in [0.2, 0.25) is 0 Å². The molecule has 1 amide bonds. The highest BCUT2D eigenvalue weighted by Gasteiger charge is 2.31. The van der Waals surface area contributed by atoms with E-state index < -0.39 is 9.70 Å². The fourth-order valence-corrected chi connectivity index (χ4v) is 2.74. The maximum absolute atomic E-state index is 12.0. The first-order valence-electron chi connectivity index (χ1n) is 7.60. The van der Waals surface area contributed by atoms with Gasteiger partial charge in [-0.1, -0.05) is 46.9 Å². The fraction of sp³-hybridized carbons (Fsp3) is 0.235. The van der Waals surface area contributed by atoms with Crippen LogP contribution in [-0.4, -0.2) is 31.6 Å². The molecule has 136 valence electrons. The zero-order valence-electron chi connectivity index (χ0n) is 14.2. The van der Waals surface area contributed by atoms with Gasteiger partial charge in [0, 0.05) is 11.5 Å². The topological polar surface area (TPSA) is 69.0 Å². The number of rotatable bonds is 3. The van der Waals surface area contributed by atoms with Gasteiger partial charge in [0.1, 0.15) is 17.1 Å². The highest BCUT2D eigenvalue weighted by molar-refractivity contribution is 6.76. The summed E-state index contributed by atoms with van der Waals surface area (Å²) in [6.07, 6.45) is 0. The number of fused-ring (bicyclic) bond motifs is 1. The van der Waals surface area contributed by atoms with Crippen molar-refractivity contribution in [1.29, 1.82) is 0 Å². The molecule has 0 atom stereocenters. The van der Waals surface area contributed by atoms with Crippen molar-refractivity contribution in [2.75, 3.05) is 12.4 Å². The third-order valence-electron chi connectivity index (χ3n) is 3.76. The van der Waals surface area contributed by atoms with Crippen LogP contribution in [0.3, 0.4) is 0 Å². The van der Waals surface area contributed by atoms with E-state index in [4.69, 9.17) is 39.5 Å². The fourth-order valence-electron chi connectivity index (χ4n) is 2.60. The smallest absolute Gasteiger partial charge is 0.277 e. The van der Waals surface area contributed by atoms with Crippen molar-refractivity contribution < 1.29 is 9.53 Å². The predicted molar refractivity (Wildman–Crippen MR) is 104 cm³/mol. The van der Waals surface area contributed by atoms with E-state index in [2.05, 4.69) is 15.4 Å². The summed E-state index contributed by atoms with van der Waals surface area (Å²) >= 11 is 16.9. The minimum Gasteiger partial charge on any atom is -0.494 e. The molecule has 0 unspecified atom stereocenters. The minimum absolute atomic E-state index is 0.347. The van der Waals surface area contributed by atoms with Crippen LogP contribution in [0.4, 0.5) is 5.82 Å². The van der Waals surface area contributed by atoms with Gasteiger partial charge in [0.15, 0.2) is 5.82 Å². The van der Waals surface area contributed by atoms with E-state index in [1.165, 1.54) is 4.68 Å². The van der Waals surface area contributed by atoms with Gasteiger partial charge < -0.3 is 10.1 Å². The minimum atomic E-state index is -2.08. The number of halogens is 3. The molecule has 0 saturated heterocycles. The molecule has 2 heterocycles. The monoisotopic (exact) mass is 412 g/mol. The molecule has 3 rings (SSSR count). The number of aromatic nitrogens is 3. The van der Waals surface area contributed by atoms with Gasteiger partial charge in [0.25, 0.3) is 9.70 Å². The number of nitrogens with one attached hydrogen (secondary N) is 1. The van der Waals surface area contributed by atoms with Crippen LogP contribution in [0.15, 0.2) is 30.3 Å². The molecule has 0 radical (unpaired) electrons. The van der Waals surface area contributed by atoms with Crippen molar-refractivity contribution in [3.63, 3.8) is 0 Å². The summed E-state index contributed by atoms with van der Waals surface area (Å²) in [5.41, 5.74) is 2.34. The number of alkyl halides is 3. The lowest BCUT2D eigenvalue weighted by Crippen LogP contribution is -2.28. The van der Waals surface area contributed by atoms with Gasteiger partial charge in [0.05, 0.1) is 12.8 Å². The summed E-state index contributed by atoms with van der Waals surface area (Å²) in [7, 11) is 1.59. The average molecular weight is 414 g/mol. The first-order valence-corrected chi connectivity index (χ1v) is 8.73. The Morgan fingerprint density at radius 1 is 1.23 bits per heavy atom. The van der Waals surface area contributed by atoms with Crippen molar-refractivity contribution in [2.24, 2.45) is 0 Å². The molecule has 1 aromatic carbocycles. The van der Waals surface area contributed by atoms with Crippen molar-refractivity contribution >= 4 is 57.4 Å². The van der Waals surface area contributed by atoms with E-state index in [-0.39, 0.29) is 0 Å². The van der Waals surface area contributed by atoms with Crippen LogP contribution in [0.25, 0.3) is 16.7 Å². The van der Waals surface area contributed by atoms with E-state index >= 15 is 0 Å². The Labute approximate surface area is 165 Å². The van der Waals surface area contributed by atoms with Crippen molar-refractivity contribution in [1.82, 2.24) is 14.8 Å². The Balaban J connectivity index is 2.14. The van der Waals surface area contributed by atoms with E-state index in [1.54, 1.807) is 20.1 Å². The second kappa shape index (κ2) is 6.95. The summed E-state index contributed by atoms with van der Waals surface area (Å²) in [4.78, 5) is 16.7. The van der Waals surface area contributed by atoms with E-state index in [1.807, 2.05) is 31.2 Å². The number of hydrogen-bond acceptors (Lipinski definition) is 4. The Hall–Kier alpha value is -2.02. The van der Waals surface area contributed by atoms with E-state index in [0.29, 0.717) is 28.6 Å². The molecule has 0 fully saturated rings. The van der Waals surface area contributed by atoms with Crippen molar-refractivity contribution in [3.05, 3.63) is 41.6 Å². The van der Waals surface area contributed by atoms with Gasteiger partial charge >= 0.3 is 0 Å². The average Bonchev–Trinajstić information content (AvgIpc) is 2.93. The van der Waals surface area contributed by atoms with Gasteiger partial charge in [-0.2, -0.15) is 9.78 Å². The number of benzene rings is 1. The van der Waals surface area contributed by atoms with Gasteiger partial charge in [-0.25, -0.2) is 4.98 Å². The number of carbonyl (C=O) groups is 1. The highest BCUT2D eigenvalue weighted by Crippen LogP contribution is 2.30. The third kappa shape index (κ3) is 3.58. The standard InChI is InChI=1S/C17H15Cl3N4O2/c1-9-7-13(21-15-11(9)5-4-6-12(15)26-3)24-14(8-10(2)23-24)22-16(25)17(18,19)20/h4-8H,1-3H3,(H,22,25). The van der Waals surface area contributed by atoms with Crippen LogP contribution in [0.1, 0.15) is 11.3 Å². The van der Waals surface area contributed by atoms with Crippen molar-refractivity contribution in [2.45, 2.75) is 17.6 Å². The maximum Gasteiger partial charge on any atom is 0.277 e. The van der Waals surface area contributed by atoms with Gasteiger partial charge in [-0.3, -0.25) is 4.79 Å². The molecular weight excluding hydrogens is 399 g/mol. The number of aryl methyl sites for hydroxylation is 2. The normalized spacial score (nSPS) is 11.6. The Kier molecular flexibility index (Phi) is 5.01. The Morgan fingerprint density at radius 3 is 2.62 bits per heavy atom. The molecule has 26 heavy (non-hydrogen) atoms. The first kappa shape index (κ1) is 18.8. The highest BCUT2D eigenvalue weighted by atomic mass is 35.6. The van der Waals surface area contributed by atoms with Crippen LogP contribution >= 0.6 is 34.8 Å². The second-order valence-corrected chi connectivity index (χ2v) is 7.97. The lowest BCUT2D eigenvalue weighted by molar-refractivity contribution is -0.115. The quantitative estimate of drug-likeness (QED) is 0.648. The molecule has 9 heteroatoms. The lowest BCUT2D eigenvalue weighted by atomic mass is 10.1. The number of nitrogens with zero attached hydrogens (tertiary/aromatic N) is 3. The molecule has 3 aromatic rings. The SMILES string of the molecule is COc1cccc2c(C)cc(-n3nc(C)cc3NC(=O)C(Cl)(Cl)Cl)nc12. The predicted octanol–water partition coefficient (Wildman–Crippen LogP) is 4.35. The molecule has 0 aliphatic rings. The zero-order valence-corrected chi connectivity index (χ0v) is 16.4. The number of methoxy groups -OCH3 is 1. The summed E-state index contributed by atoms with van der Waals surface area (Å²) < 4.78 is 4.81. The van der Waals surface area contributed by atoms with E-state index in [9.17, 15) is 4.79 Å². The summed E-state index contributed by atoms with van der Waals surface area (Å²) in [6.45, 7) is 3.75. The lowest BCUT2D eigenvalue weighted by Gasteiger charge is -2.14. The first-order chi connectivity index (χ1) is 12.2. The van der Waals surface area contributed by atoms with Crippen molar-refractivity contribution in [3.8, 4) is 11.6 Å². The maximum atomic E-state index is 12.0. The molecule has 0 aliphatic heterocycles. The number of anilines is 1. The van der Waals surface area contributed by atoms with E-state index in [0.717, 1.165) is 10.9 Å². The van der Waals surface area contributed by atoms with Crippen LogP contribution in [-0.2, 0) is 4.79 Å². The summed E-state index contributed by atoms with van der Waals surface area (Å²) in [5.74, 6) is 0.717. The number of carbonyl (C=O) groups excluding carboxylic acids is 1. The summed E-state index contributed by atoms with van der Waals surface area (Å²) in [6, 6.07) is 9.22. The molecule has 1 N–H and O–H groups in total. The van der Waals surface area contributed by atoms with Crippen LogP contribution in [0, 0.1) is 13.8 Å². The zero-order chi connectivity index (χ0) is 19.1. The number of para-hydroxylation sites is 1. The van der Waals surface area contributed by atoms with Gasteiger partial charge in [-0.05, 0) is 31.5 Å². The van der Waals surface area contributed by atoms with Crippen LogP contribution in [0.5, 0.6) is 5.75 Å². The summed E-state index contributed by atoms with van der Waals surface area (Å²) in [5, 5.41) is 7.91. The molecular formula is C17H15Cl3N4O2. The van der Waals surface area contributed by atoms with Crippen LogP contribution < -0.4 is 10.1 Å². The molecule has 0 saturated carbocycles. The Bertz CT molecular complexity index is 996. The van der Waals surface area contributed by atoms with Gasteiger partial charge in [0.2, 0.25) is 0 Å². The second-order valence-electron chi connectivity index (χ2n) is 5.69. The molecule has 0 aliphatic carbocycles. The number of ether oxygens (including phenoxy) is 1. The largest absolute Gasteiger partial charge is 0.494 e. The molecule has 6 nitrogen and oxygen atoms in total. The molecule has 2 aromatic heterocycles. The third-order valence-corrected chi connectivity index (χ3v) is 4.28. The number of amides is 1. The number of pyridine rings is 1. The molecule has 0 bridgehead atoms. The number of hydrogen-bond donors (Lipinski definition) is 1. The van der Waals surface area contributed by atoms with Gasteiger partial charge in [-0.15, -0.1) is 0 Å². The Morgan fingerprint density at radius 2 is 1.96 bits per heavy atom. The molecule has 0 spiro atoms.